The minimum atomic E-state index is -0.0648. The predicted molar refractivity (Wildman–Crippen MR) is 34.6 cm³/mol. The second kappa shape index (κ2) is 7.64. The fourth-order valence-corrected chi connectivity index (χ4v) is 0.185. The van der Waals surface area contributed by atoms with Crippen molar-refractivity contribution < 1.29 is 42.2 Å². The maximum Gasteiger partial charge on any atom is 0.309 e. The van der Waals surface area contributed by atoms with Crippen LogP contribution in [0.25, 0.3) is 0 Å². The van der Waals surface area contributed by atoms with Crippen molar-refractivity contribution in [1.29, 1.82) is 0 Å². The molecule has 2 N–H and O–H groups in total. The molecule has 0 amide bonds. The summed E-state index contributed by atoms with van der Waals surface area (Å²) < 4.78 is 4.29. The summed E-state index contributed by atoms with van der Waals surface area (Å²) in [5.74, 6) is -0.0648. The zero-order valence-corrected chi connectivity index (χ0v) is 9.01. The van der Waals surface area contributed by atoms with Crippen LogP contribution in [-0.4, -0.2) is 18.6 Å². The van der Waals surface area contributed by atoms with Gasteiger partial charge >= 0.3 is 5.97 Å². The van der Waals surface area contributed by atoms with E-state index in [0.717, 1.165) is 0 Å². The Morgan fingerprint density at radius 1 is 1.80 bits per heavy atom. The topological polar surface area (TPSA) is 52.3 Å². The number of nitrogens with two attached hydrogens (primary N) is 1. The largest absolute Gasteiger partial charge is 0.465 e. The van der Waals surface area contributed by atoms with Gasteiger partial charge in [-0.2, -0.15) is 0 Å². The minimum absolute atomic E-state index is 0. The molecule has 1 fully saturated rings. The van der Waals surface area contributed by atoms with E-state index < -0.39 is 0 Å². The average Bonchev–Trinajstić information content (AvgIpc) is 1.59. The van der Waals surface area contributed by atoms with Crippen molar-refractivity contribution in [3.63, 3.8) is 0 Å². The summed E-state index contributed by atoms with van der Waals surface area (Å²) in [6, 6.07) is 0.0833. The van der Waals surface area contributed by atoms with E-state index in [1.165, 1.54) is 0 Å². The third-order valence-corrected chi connectivity index (χ3v) is 0.569. The van der Waals surface area contributed by atoms with Crippen LogP contribution in [-0.2, 0) is 42.2 Å². The van der Waals surface area contributed by atoms with Crippen molar-refractivity contribution in [2.24, 2.45) is 5.73 Å². The fraction of sp³-hybridized carbons (Fsp3) is 0.667. The van der Waals surface area contributed by atoms with Crippen LogP contribution in [0.3, 0.4) is 0 Å². The van der Waals surface area contributed by atoms with E-state index >= 15 is 0 Å². The van der Waals surface area contributed by atoms with Gasteiger partial charge < -0.3 is 17.4 Å². The van der Waals surface area contributed by atoms with Crippen LogP contribution in [0.15, 0.2) is 0 Å². The molecule has 0 saturated carbocycles. The summed E-state index contributed by atoms with van der Waals surface area (Å²) in [6.07, 6.45) is 0.625. The molecular weight excluding hydrogens is 207 g/mol. The van der Waals surface area contributed by atoms with Crippen LogP contribution in [0.4, 0.5) is 0 Å². The molecule has 1 unspecified atom stereocenters. The van der Waals surface area contributed by atoms with Gasteiger partial charge in [-0.25, -0.2) is 0 Å². The number of esters is 1. The van der Waals surface area contributed by atoms with E-state index in [4.69, 9.17) is 5.73 Å². The number of carbonyl (C=O) groups is 1. The average molecular weight is 219 g/mol. The maximum atomic E-state index is 9.68. The van der Waals surface area contributed by atoms with Gasteiger partial charge in [0.15, 0.2) is 0 Å². The Hall–Kier alpha value is 0.534. The van der Waals surface area contributed by atoms with Gasteiger partial charge in [0.1, 0.15) is 6.61 Å². The van der Waals surface area contributed by atoms with E-state index in [2.05, 4.69) is 11.7 Å². The Kier molecular flexibility index (Phi) is 10.0. The third-order valence-electron chi connectivity index (χ3n) is 0.569. The predicted octanol–water partition coefficient (Wildman–Crippen LogP) is 0.0985. The van der Waals surface area contributed by atoms with Crippen LogP contribution in [0.2, 0.25) is 0 Å². The van der Waals surface area contributed by atoms with E-state index in [1.807, 2.05) is 6.92 Å². The Bertz CT molecular complexity index is 87.0. The second-order valence-corrected chi connectivity index (χ2v) is 1.95. The molecule has 1 saturated heterocycles. The number of carbonyl (C=O) groups excluding carboxylic acids is 1. The summed E-state index contributed by atoms with van der Waals surface area (Å²) in [4.78, 5) is 9.68. The first-order chi connectivity index (χ1) is 4.13. The number of ether oxygens (including phenoxy) is 1. The van der Waals surface area contributed by atoms with E-state index in [-0.39, 0.29) is 44.7 Å². The molecule has 1 aliphatic heterocycles. The molecule has 3 nitrogen and oxygen atoms in total. The molecule has 57 valence electrons. The van der Waals surface area contributed by atoms with Crippen molar-refractivity contribution in [3.8, 4) is 0 Å². The van der Waals surface area contributed by atoms with Gasteiger partial charge in [-0.1, -0.05) is 6.92 Å². The molecule has 0 spiro atoms. The molecule has 0 bridgehead atoms. The molecule has 1 rings (SSSR count). The van der Waals surface area contributed by atoms with Crippen molar-refractivity contribution >= 4 is 5.97 Å². The van der Waals surface area contributed by atoms with Crippen LogP contribution < -0.4 is 5.73 Å². The summed E-state index contributed by atoms with van der Waals surface area (Å²) >= 11 is 0. The summed E-state index contributed by atoms with van der Waals surface area (Å²) in [5, 5.41) is 0. The molecule has 0 aromatic heterocycles. The summed E-state index contributed by atoms with van der Waals surface area (Å²) in [7, 11) is 0. The minimum Gasteiger partial charge on any atom is -0.465 e. The summed E-state index contributed by atoms with van der Waals surface area (Å²) in [6.45, 7) is 5.89. The van der Waals surface area contributed by atoms with Crippen molar-refractivity contribution in [3.05, 3.63) is 6.92 Å². The van der Waals surface area contributed by atoms with Gasteiger partial charge in [0.05, 0.1) is 6.42 Å². The SMILES string of the molecule is O=C1CCO1.[CH2-]C(C)N.[Y]. The van der Waals surface area contributed by atoms with Crippen LogP contribution in [0.1, 0.15) is 13.3 Å². The molecule has 1 radical (unpaired) electrons. The molecule has 1 heterocycles. The molecule has 10 heavy (non-hydrogen) atoms. The van der Waals surface area contributed by atoms with E-state index in [1.54, 1.807) is 0 Å². The molecule has 1 aliphatic rings. The molecule has 0 aromatic carbocycles. The number of hydrogen-bond donors (Lipinski definition) is 1. The number of cyclic esters (lactones) is 1. The molecule has 1 atom stereocenters. The van der Waals surface area contributed by atoms with Gasteiger partial charge in [0.25, 0.3) is 0 Å². The van der Waals surface area contributed by atoms with Gasteiger partial charge in [-0.3, -0.25) is 4.79 Å². The summed E-state index contributed by atoms with van der Waals surface area (Å²) in [5.41, 5.74) is 5.00. The van der Waals surface area contributed by atoms with Gasteiger partial charge in [-0.05, 0) is 0 Å². The van der Waals surface area contributed by atoms with Crippen molar-refractivity contribution in [2.45, 2.75) is 19.4 Å². The first-order valence-corrected chi connectivity index (χ1v) is 2.87. The normalized spacial score (nSPS) is 16.5. The smallest absolute Gasteiger partial charge is 0.309 e. The first kappa shape index (κ1) is 13.1. The number of hydrogen-bond acceptors (Lipinski definition) is 3. The Balaban J connectivity index is 0. The van der Waals surface area contributed by atoms with Crippen molar-refractivity contribution in [2.75, 3.05) is 6.61 Å². The van der Waals surface area contributed by atoms with Gasteiger partial charge in [-0.15, -0.1) is 6.04 Å². The zero-order chi connectivity index (χ0) is 7.28. The third kappa shape index (κ3) is 11.3. The zero-order valence-electron chi connectivity index (χ0n) is 6.17. The first-order valence-electron chi connectivity index (χ1n) is 2.87. The van der Waals surface area contributed by atoms with E-state index in [0.29, 0.717) is 13.0 Å². The van der Waals surface area contributed by atoms with Gasteiger partial charge in [0.2, 0.25) is 0 Å². The van der Waals surface area contributed by atoms with E-state index in [9.17, 15) is 4.79 Å². The Morgan fingerprint density at radius 3 is 2.00 bits per heavy atom. The molecule has 4 heteroatoms. The van der Waals surface area contributed by atoms with Crippen LogP contribution in [0.5, 0.6) is 0 Å². The van der Waals surface area contributed by atoms with Crippen molar-refractivity contribution in [1.82, 2.24) is 0 Å². The number of rotatable bonds is 0. The Morgan fingerprint density at radius 2 is 2.00 bits per heavy atom. The monoisotopic (exact) mass is 219 g/mol. The fourth-order valence-electron chi connectivity index (χ4n) is 0.185. The molecular formula is C6H12NO2Y-. The Labute approximate surface area is 86.6 Å². The molecule has 0 aromatic rings. The second-order valence-electron chi connectivity index (χ2n) is 1.95. The van der Waals surface area contributed by atoms with Gasteiger partial charge in [0, 0.05) is 32.7 Å². The quantitative estimate of drug-likeness (QED) is 0.464. The maximum absolute atomic E-state index is 9.68. The standard InChI is InChI=1S/C3H8N.C3H4O2.Y/c1-3(2)4;4-3-1-2-5-3;/h3H,1,4H2,2H3;1-2H2;/q-1;;. The molecule has 0 aliphatic carbocycles. The van der Waals surface area contributed by atoms with Crippen LogP contribution in [0, 0.1) is 6.92 Å². The van der Waals surface area contributed by atoms with Crippen LogP contribution >= 0.6 is 0 Å².